The van der Waals surface area contributed by atoms with Crippen LogP contribution in [0, 0.1) is 0 Å². The maximum atomic E-state index is 5.59. The van der Waals surface area contributed by atoms with Gasteiger partial charge in [0.2, 0.25) is 0 Å². The number of hydrogen-bond acceptors (Lipinski definition) is 4. The summed E-state index contributed by atoms with van der Waals surface area (Å²) in [4.78, 5) is 0. The molecule has 0 amide bonds. The van der Waals surface area contributed by atoms with E-state index in [4.69, 9.17) is 9.47 Å². The standard InChI is InChI=1S/C15H22N2O2/c1-2-13(17-6-1)5-7-16-11-12-3-4-14-15(10-12)19-9-8-18-14/h3-4,10,13,16-17H,1-2,5-9,11H2. The van der Waals surface area contributed by atoms with Gasteiger partial charge in [-0.05, 0) is 50.0 Å². The molecule has 2 N–H and O–H groups in total. The Balaban J connectivity index is 1.44. The van der Waals surface area contributed by atoms with Gasteiger partial charge in [0.15, 0.2) is 11.5 Å². The van der Waals surface area contributed by atoms with Crippen LogP contribution in [0.15, 0.2) is 18.2 Å². The third-order valence-corrected chi connectivity index (χ3v) is 3.77. The Kier molecular flexibility index (Phi) is 4.20. The molecule has 19 heavy (non-hydrogen) atoms. The maximum absolute atomic E-state index is 5.59. The zero-order valence-electron chi connectivity index (χ0n) is 11.3. The Morgan fingerprint density at radius 1 is 1.21 bits per heavy atom. The minimum Gasteiger partial charge on any atom is -0.486 e. The molecule has 0 aromatic heterocycles. The van der Waals surface area contributed by atoms with Crippen LogP contribution < -0.4 is 20.1 Å². The lowest BCUT2D eigenvalue weighted by Crippen LogP contribution is -2.26. The summed E-state index contributed by atoms with van der Waals surface area (Å²) in [5, 5.41) is 7.02. The average molecular weight is 262 g/mol. The van der Waals surface area contributed by atoms with Crippen molar-refractivity contribution >= 4 is 0 Å². The average Bonchev–Trinajstić information content (AvgIpc) is 2.97. The molecule has 4 nitrogen and oxygen atoms in total. The molecule has 0 spiro atoms. The highest BCUT2D eigenvalue weighted by atomic mass is 16.6. The van der Waals surface area contributed by atoms with Crippen LogP contribution >= 0.6 is 0 Å². The van der Waals surface area contributed by atoms with Gasteiger partial charge in [-0.1, -0.05) is 6.07 Å². The summed E-state index contributed by atoms with van der Waals surface area (Å²) in [7, 11) is 0. The maximum Gasteiger partial charge on any atom is 0.161 e. The second kappa shape index (κ2) is 6.26. The molecule has 0 saturated carbocycles. The van der Waals surface area contributed by atoms with E-state index in [2.05, 4.69) is 22.8 Å². The van der Waals surface area contributed by atoms with Gasteiger partial charge in [0.1, 0.15) is 13.2 Å². The van der Waals surface area contributed by atoms with Gasteiger partial charge in [-0.2, -0.15) is 0 Å². The second-order valence-corrected chi connectivity index (χ2v) is 5.24. The first-order valence-corrected chi connectivity index (χ1v) is 7.24. The molecule has 1 aromatic rings. The number of fused-ring (bicyclic) bond motifs is 1. The molecule has 104 valence electrons. The van der Waals surface area contributed by atoms with Gasteiger partial charge in [-0.15, -0.1) is 0 Å². The van der Waals surface area contributed by atoms with Gasteiger partial charge in [0.05, 0.1) is 0 Å². The molecule has 2 heterocycles. The monoisotopic (exact) mass is 262 g/mol. The highest BCUT2D eigenvalue weighted by Gasteiger charge is 2.13. The number of benzene rings is 1. The Bertz CT molecular complexity index is 417. The Morgan fingerprint density at radius 3 is 2.95 bits per heavy atom. The van der Waals surface area contributed by atoms with E-state index in [1.165, 1.54) is 31.4 Å². The topological polar surface area (TPSA) is 42.5 Å². The molecule has 1 aromatic carbocycles. The fourth-order valence-corrected chi connectivity index (χ4v) is 2.71. The first-order chi connectivity index (χ1) is 9.42. The summed E-state index contributed by atoms with van der Waals surface area (Å²) in [5.41, 5.74) is 1.25. The first-order valence-electron chi connectivity index (χ1n) is 7.24. The van der Waals surface area contributed by atoms with E-state index in [1.807, 2.05) is 6.07 Å². The van der Waals surface area contributed by atoms with Gasteiger partial charge >= 0.3 is 0 Å². The van der Waals surface area contributed by atoms with Crippen molar-refractivity contribution < 1.29 is 9.47 Å². The van der Waals surface area contributed by atoms with Crippen molar-refractivity contribution in [1.82, 2.24) is 10.6 Å². The fraction of sp³-hybridized carbons (Fsp3) is 0.600. The second-order valence-electron chi connectivity index (χ2n) is 5.24. The molecule has 1 fully saturated rings. The minimum atomic E-state index is 0.650. The Hall–Kier alpha value is -1.26. The van der Waals surface area contributed by atoms with Crippen LogP contribution in [-0.4, -0.2) is 32.3 Å². The van der Waals surface area contributed by atoms with Crippen molar-refractivity contribution in [3.8, 4) is 11.5 Å². The smallest absolute Gasteiger partial charge is 0.161 e. The van der Waals surface area contributed by atoms with Crippen LogP contribution in [0.25, 0.3) is 0 Å². The van der Waals surface area contributed by atoms with Gasteiger partial charge in [0, 0.05) is 12.6 Å². The predicted molar refractivity (Wildman–Crippen MR) is 74.8 cm³/mol. The number of nitrogens with one attached hydrogen (secondary N) is 2. The summed E-state index contributed by atoms with van der Waals surface area (Å²) in [6.07, 6.45) is 3.86. The zero-order chi connectivity index (χ0) is 12.9. The number of hydrogen-bond donors (Lipinski definition) is 2. The normalized spacial score (nSPS) is 21.6. The van der Waals surface area contributed by atoms with Crippen molar-refractivity contribution in [2.75, 3.05) is 26.3 Å². The summed E-state index contributed by atoms with van der Waals surface area (Å²) in [6.45, 7) is 4.44. The lowest BCUT2D eigenvalue weighted by atomic mass is 10.1. The first kappa shape index (κ1) is 12.8. The molecule has 3 rings (SSSR count). The van der Waals surface area contributed by atoms with E-state index in [9.17, 15) is 0 Å². The van der Waals surface area contributed by atoms with Crippen molar-refractivity contribution in [2.24, 2.45) is 0 Å². The molecule has 0 radical (unpaired) electrons. The van der Waals surface area contributed by atoms with Gasteiger partial charge in [0.25, 0.3) is 0 Å². The SMILES string of the molecule is c1cc2c(cc1CNCCC1CCCN1)OCCO2. The van der Waals surface area contributed by atoms with Gasteiger partial charge in [-0.3, -0.25) is 0 Å². The van der Waals surface area contributed by atoms with Crippen LogP contribution in [-0.2, 0) is 6.54 Å². The third-order valence-electron chi connectivity index (χ3n) is 3.77. The molecule has 0 bridgehead atoms. The van der Waals surface area contributed by atoms with E-state index in [-0.39, 0.29) is 0 Å². The van der Waals surface area contributed by atoms with Crippen LogP contribution in [0.2, 0.25) is 0 Å². The quantitative estimate of drug-likeness (QED) is 0.793. The van der Waals surface area contributed by atoms with Crippen LogP contribution in [0.1, 0.15) is 24.8 Å². The molecule has 1 atom stereocenters. The molecule has 4 heteroatoms. The van der Waals surface area contributed by atoms with E-state index in [0.29, 0.717) is 19.3 Å². The van der Waals surface area contributed by atoms with Crippen molar-refractivity contribution in [3.63, 3.8) is 0 Å². The molecule has 0 aliphatic carbocycles. The fourth-order valence-electron chi connectivity index (χ4n) is 2.71. The largest absolute Gasteiger partial charge is 0.486 e. The van der Waals surface area contributed by atoms with Crippen LogP contribution in [0.4, 0.5) is 0 Å². The van der Waals surface area contributed by atoms with Crippen molar-refractivity contribution in [2.45, 2.75) is 31.8 Å². The van der Waals surface area contributed by atoms with E-state index >= 15 is 0 Å². The zero-order valence-corrected chi connectivity index (χ0v) is 11.3. The molecular weight excluding hydrogens is 240 g/mol. The summed E-state index contributed by atoms with van der Waals surface area (Å²) < 4.78 is 11.1. The Labute approximate surface area is 114 Å². The van der Waals surface area contributed by atoms with Crippen molar-refractivity contribution in [3.05, 3.63) is 23.8 Å². The molecule has 2 aliphatic rings. The highest BCUT2D eigenvalue weighted by molar-refractivity contribution is 5.43. The third kappa shape index (κ3) is 3.39. The molecular formula is C15H22N2O2. The summed E-state index contributed by atoms with van der Waals surface area (Å²) >= 11 is 0. The highest BCUT2D eigenvalue weighted by Crippen LogP contribution is 2.30. The predicted octanol–water partition coefficient (Wildman–Crippen LogP) is 1.69. The van der Waals surface area contributed by atoms with E-state index in [1.54, 1.807) is 0 Å². The van der Waals surface area contributed by atoms with E-state index < -0.39 is 0 Å². The van der Waals surface area contributed by atoms with Crippen LogP contribution in [0.5, 0.6) is 11.5 Å². The lowest BCUT2D eigenvalue weighted by molar-refractivity contribution is 0.171. The Morgan fingerprint density at radius 2 is 2.11 bits per heavy atom. The van der Waals surface area contributed by atoms with Gasteiger partial charge in [-0.25, -0.2) is 0 Å². The van der Waals surface area contributed by atoms with E-state index in [0.717, 1.165) is 24.6 Å². The van der Waals surface area contributed by atoms with Gasteiger partial charge < -0.3 is 20.1 Å². The molecule has 2 aliphatic heterocycles. The van der Waals surface area contributed by atoms with Crippen molar-refractivity contribution in [1.29, 1.82) is 0 Å². The van der Waals surface area contributed by atoms with Crippen LogP contribution in [0.3, 0.4) is 0 Å². The number of rotatable bonds is 5. The molecule has 1 unspecified atom stereocenters. The summed E-state index contributed by atoms with van der Waals surface area (Å²) in [5.74, 6) is 1.74. The summed E-state index contributed by atoms with van der Waals surface area (Å²) in [6, 6.07) is 6.90. The lowest BCUT2D eigenvalue weighted by Gasteiger charge is -2.19. The number of ether oxygens (including phenoxy) is 2. The molecule has 1 saturated heterocycles. The minimum absolute atomic E-state index is 0.650.